The Balaban J connectivity index is 2.32. The van der Waals surface area contributed by atoms with Crippen molar-refractivity contribution < 1.29 is 67.2 Å². The van der Waals surface area contributed by atoms with Crippen molar-refractivity contribution in [1.82, 2.24) is 0 Å². The van der Waals surface area contributed by atoms with Crippen LogP contribution in [0.15, 0.2) is 0 Å². The molecule has 14 heteroatoms. The van der Waals surface area contributed by atoms with Crippen LogP contribution in [0.1, 0.15) is 6.92 Å². The van der Waals surface area contributed by atoms with Gasteiger partial charge in [-0.25, -0.2) is 9.59 Å². The van der Waals surface area contributed by atoms with Gasteiger partial charge in [-0.15, -0.1) is 0 Å². The van der Waals surface area contributed by atoms with Crippen LogP contribution in [0, 0.1) is 5.92 Å². The number of carboxylic acids is 2. The molecule has 0 aromatic carbocycles. The zero-order chi connectivity index (χ0) is 26.8. The molecule has 2 aliphatic heterocycles. The van der Waals surface area contributed by atoms with Crippen LogP contribution >= 0.6 is 0 Å². The number of hydrogen-bond donors (Lipinski definition) is 2. The van der Waals surface area contributed by atoms with Crippen molar-refractivity contribution in [2.75, 3.05) is 62.0 Å². The minimum atomic E-state index is -1.17. The van der Waals surface area contributed by atoms with Crippen LogP contribution in [0.25, 0.3) is 0 Å². The van der Waals surface area contributed by atoms with Gasteiger partial charge < -0.3 is 57.6 Å². The molecule has 36 heavy (non-hydrogen) atoms. The Morgan fingerprint density at radius 2 is 1.31 bits per heavy atom. The molecule has 2 saturated heterocycles. The van der Waals surface area contributed by atoms with Crippen molar-refractivity contribution >= 4 is 11.9 Å². The molecule has 2 aliphatic rings. The van der Waals surface area contributed by atoms with Crippen molar-refractivity contribution in [3.05, 3.63) is 0 Å². The second kappa shape index (κ2) is 15.1. The number of rotatable bonds is 15. The summed E-state index contributed by atoms with van der Waals surface area (Å²) in [5.74, 6) is -2.50. The summed E-state index contributed by atoms with van der Waals surface area (Å²) in [4.78, 5) is 22.0. The van der Waals surface area contributed by atoms with Crippen molar-refractivity contribution in [3.63, 3.8) is 0 Å². The quantitative estimate of drug-likeness (QED) is 0.277. The van der Waals surface area contributed by atoms with Crippen molar-refractivity contribution in [2.24, 2.45) is 5.92 Å². The monoisotopic (exact) mass is 526 g/mol. The molecule has 0 amide bonds. The first kappa shape index (κ1) is 30.8. The SMILES string of the molecule is COCC1OC(OC)C(OCC(=O)O)C(OC)[C@H]1OC1OC(COCC(=O)O)[C@@H](C)C(OC)C1OC. The summed E-state index contributed by atoms with van der Waals surface area (Å²) in [5, 5.41) is 18.0. The van der Waals surface area contributed by atoms with Crippen LogP contribution in [-0.2, 0) is 57.0 Å². The molecule has 0 aromatic heterocycles. The van der Waals surface area contributed by atoms with E-state index in [1.807, 2.05) is 6.92 Å². The lowest BCUT2D eigenvalue weighted by atomic mass is 9.90. The zero-order valence-corrected chi connectivity index (χ0v) is 21.4. The molecule has 2 heterocycles. The van der Waals surface area contributed by atoms with Gasteiger partial charge in [0.1, 0.15) is 43.7 Å². The summed E-state index contributed by atoms with van der Waals surface area (Å²) in [6.07, 6.45) is -7.08. The van der Waals surface area contributed by atoms with E-state index in [1.54, 1.807) is 0 Å². The number of carboxylic acid groups (broad SMARTS) is 2. The van der Waals surface area contributed by atoms with Gasteiger partial charge in [-0.3, -0.25) is 0 Å². The standard InChI is InChI=1S/C22H38O14/c1-11-12(8-32-9-14(23)24)34-22(19(30-5)16(11)28-3)36-17-13(7-27-2)35-21(31-6)20(18(17)29-4)33-10-15(25)26/h11-13,16-22H,7-10H2,1-6H3,(H,23,24)(H,25,26)/t11-,12?,13?,16?,17+,18?,19?,20?,21?,22?/m1/s1. The Kier molecular flexibility index (Phi) is 12.9. The smallest absolute Gasteiger partial charge is 0.329 e. The molecule has 0 saturated carbocycles. The molecule has 0 spiro atoms. The van der Waals surface area contributed by atoms with Crippen molar-refractivity contribution in [2.45, 2.75) is 62.2 Å². The van der Waals surface area contributed by atoms with Crippen LogP contribution in [-0.4, -0.2) is 139 Å². The fourth-order valence-electron chi connectivity index (χ4n) is 4.49. The molecule has 0 aliphatic carbocycles. The van der Waals surface area contributed by atoms with E-state index in [9.17, 15) is 9.59 Å². The van der Waals surface area contributed by atoms with Crippen molar-refractivity contribution in [1.29, 1.82) is 0 Å². The van der Waals surface area contributed by atoms with Crippen LogP contribution in [0.5, 0.6) is 0 Å². The van der Waals surface area contributed by atoms with Crippen LogP contribution in [0.3, 0.4) is 0 Å². The molecule has 2 N–H and O–H groups in total. The van der Waals surface area contributed by atoms with E-state index in [2.05, 4.69) is 0 Å². The van der Waals surface area contributed by atoms with E-state index in [-0.39, 0.29) is 19.1 Å². The molecule has 2 fully saturated rings. The number of aliphatic carboxylic acids is 2. The fourth-order valence-corrected chi connectivity index (χ4v) is 4.49. The summed E-state index contributed by atoms with van der Waals surface area (Å²) in [7, 11) is 7.33. The van der Waals surface area contributed by atoms with Crippen LogP contribution in [0.4, 0.5) is 0 Å². The zero-order valence-electron chi connectivity index (χ0n) is 21.4. The van der Waals surface area contributed by atoms with Crippen molar-refractivity contribution in [3.8, 4) is 0 Å². The molecule has 210 valence electrons. The van der Waals surface area contributed by atoms with E-state index in [0.717, 1.165) is 0 Å². The number of carbonyl (C=O) groups is 2. The second-order valence-electron chi connectivity index (χ2n) is 8.42. The third kappa shape index (κ3) is 7.77. The summed E-state index contributed by atoms with van der Waals surface area (Å²) in [5.41, 5.74) is 0. The van der Waals surface area contributed by atoms with Gasteiger partial charge in [-0.2, -0.15) is 0 Å². The minimum absolute atomic E-state index is 0.0178. The van der Waals surface area contributed by atoms with Crippen LogP contribution < -0.4 is 0 Å². The maximum absolute atomic E-state index is 11.1. The Bertz CT molecular complexity index is 677. The molecule has 0 radical (unpaired) electrons. The summed E-state index contributed by atoms with van der Waals surface area (Å²) < 4.78 is 57.0. The highest BCUT2D eigenvalue weighted by molar-refractivity contribution is 5.68. The normalized spacial score (nSPS) is 37.1. The fraction of sp³-hybridized carbons (Fsp3) is 0.909. The first-order valence-corrected chi connectivity index (χ1v) is 11.4. The van der Waals surface area contributed by atoms with E-state index < -0.39 is 80.5 Å². The summed E-state index contributed by atoms with van der Waals surface area (Å²) in [6, 6.07) is 0. The average molecular weight is 527 g/mol. The maximum Gasteiger partial charge on any atom is 0.329 e. The third-order valence-corrected chi connectivity index (χ3v) is 6.17. The largest absolute Gasteiger partial charge is 0.480 e. The molecular formula is C22H38O14. The first-order chi connectivity index (χ1) is 17.2. The molecular weight excluding hydrogens is 488 g/mol. The number of hydrogen-bond acceptors (Lipinski definition) is 12. The molecule has 2 rings (SSSR count). The highest BCUT2D eigenvalue weighted by Crippen LogP contribution is 2.35. The molecule has 8 unspecified atom stereocenters. The maximum atomic E-state index is 11.1. The summed E-state index contributed by atoms with van der Waals surface area (Å²) >= 11 is 0. The average Bonchev–Trinajstić information content (AvgIpc) is 2.84. The number of ether oxygens (including phenoxy) is 10. The van der Waals surface area contributed by atoms with Gasteiger partial charge >= 0.3 is 11.9 Å². The Morgan fingerprint density at radius 1 is 0.694 bits per heavy atom. The lowest BCUT2D eigenvalue weighted by Gasteiger charge is -2.49. The van der Waals surface area contributed by atoms with Gasteiger partial charge in [-0.05, 0) is 0 Å². The van der Waals surface area contributed by atoms with Gasteiger partial charge in [0.25, 0.3) is 0 Å². The lowest BCUT2D eigenvalue weighted by molar-refractivity contribution is -0.361. The number of methoxy groups -OCH3 is 5. The van der Waals surface area contributed by atoms with E-state index in [4.69, 9.17) is 57.6 Å². The van der Waals surface area contributed by atoms with Gasteiger partial charge in [0.15, 0.2) is 12.6 Å². The van der Waals surface area contributed by atoms with E-state index in [0.29, 0.717) is 0 Å². The third-order valence-electron chi connectivity index (χ3n) is 6.17. The summed E-state index contributed by atoms with van der Waals surface area (Å²) in [6.45, 7) is 0.857. The molecule has 0 bridgehead atoms. The predicted octanol–water partition coefficient (Wildman–Crippen LogP) is -0.634. The first-order valence-electron chi connectivity index (χ1n) is 11.4. The van der Waals surface area contributed by atoms with E-state index in [1.165, 1.54) is 35.5 Å². The topological polar surface area (TPSA) is 167 Å². The van der Waals surface area contributed by atoms with Crippen LogP contribution in [0.2, 0.25) is 0 Å². The Labute approximate surface area is 209 Å². The molecule has 10 atom stereocenters. The Morgan fingerprint density at radius 3 is 1.83 bits per heavy atom. The highest BCUT2D eigenvalue weighted by atomic mass is 16.8. The van der Waals surface area contributed by atoms with Gasteiger partial charge in [0, 0.05) is 41.5 Å². The van der Waals surface area contributed by atoms with Gasteiger partial charge in [-0.1, -0.05) is 6.92 Å². The van der Waals surface area contributed by atoms with Gasteiger partial charge in [0.05, 0.1) is 25.4 Å². The predicted molar refractivity (Wildman–Crippen MR) is 118 cm³/mol. The van der Waals surface area contributed by atoms with E-state index >= 15 is 0 Å². The molecule has 14 nitrogen and oxygen atoms in total. The second-order valence-corrected chi connectivity index (χ2v) is 8.42. The minimum Gasteiger partial charge on any atom is -0.480 e. The lowest BCUT2D eigenvalue weighted by Crippen LogP contribution is -2.65. The highest BCUT2D eigenvalue weighted by Gasteiger charge is 2.52. The molecule has 0 aromatic rings. The van der Waals surface area contributed by atoms with Gasteiger partial charge in [0.2, 0.25) is 0 Å². The Hall–Kier alpha value is -1.46.